The molecule has 4 heteroatoms. The molecule has 230 valence electrons. The van der Waals surface area contributed by atoms with Crippen LogP contribution in [0.2, 0.25) is 0 Å². The summed E-state index contributed by atoms with van der Waals surface area (Å²) >= 11 is 0. The van der Waals surface area contributed by atoms with Crippen LogP contribution in [0, 0.1) is 0 Å². The second-order valence-electron chi connectivity index (χ2n) is 12.1. The lowest BCUT2D eigenvalue weighted by Gasteiger charge is -2.11. The van der Waals surface area contributed by atoms with E-state index in [4.69, 9.17) is 15.0 Å². The maximum absolute atomic E-state index is 5.02. The van der Waals surface area contributed by atoms with Crippen LogP contribution in [-0.2, 0) is 0 Å². The summed E-state index contributed by atoms with van der Waals surface area (Å²) in [4.78, 5) is 14.9. The molecule has 2 heterocycles. The van der Waals surface area contributed by atoms with Gasteiger partial charge >= 0.3 is 0 Å². The highest BCUT2D eigenvalue weighted by Crippen LogP contribution is 2.43. The van der Waals surface area contributed by atoms with Crippen molar-refractivity contribution in [1.29, 1.82) is 0 Å². The molecular formula is C45H30N4. The Morgan fingerprint density at radius 3 is 1.22 bits per heavy atom. The molecule has 0 aliphatic carbocycles. The molecular weight excluding hydrogens is 597 g/mol. The van der Waals surface area contributed by atoms with Crippen molar-refractivity contribution in [3.63, 3.8) is 0 Å². The number of fused-ring (bicyclic) bond motifs is 3. The van der Waals surface area contributed by atoms with Crippen molar-refractivity contribution in [3.8, 4) is 62.1 Å². The molecule has 0 bridgehead atoms. The third kappa shape index (κ3) is 5.16. The van der Waals surface area contributed by atoms with E-state index in [0.717, 1.165) is 39.0 Å². The number of hydrogen-bond donors (Lipinski definition) is 0. The number of rotatable bonds is 6. The van der Waals surface area contributed by atoms with Crippen LogP contribution in [0.4, 0.5) is 0 Å². The summed E-state index contributed by atoms with van der Waals surface area (Å²) in [6.45, 7) is 0. The molecule has 0 saturated heterocycles. The average Bonchev–Trinajstić information content (AvgIpc) is 3.54. The fourth-order valence-corrected chi connectivity index (χ4v) is 6.83. The minimum absolute atomic E-state index is 0.637. The van der Waals surface area contributed by atoms with Crippen molar-refractivity contribution in [2.75, 3.05) is 0 Å². The summed E-state index contributed by atoms with van der Waals surface area (Å²) in [6.07, 6.45) is 0. The van der Waals surface area contributed by atoms with Gasteiger partial charge < -0.3 is 4.57 Å². The maximum Gasteiger partial charge on any atom is 0.164 e. The number of hydrogen-bond acceptors (Lipinski definition) is 3. The van der Waals surface area contributed by atoms with E-state index in [1.807, 2.05) is 60.7 Å². The van der Waals surface area contributed by atoms with Gasteiger partial charge in [-0.25, -0.2) is 15.0 Å². The smallest absolute Gasteiger partial charge is 0.164 e. The molecule has 0 atom stereocenters. The van der Waals surface area contributed by atoms with E-state index in [-0.39, 0.29) is 0 Å². The zero-order valence-corrected chi connectivity index (χ0v) is 26.6. The molecule has 0 N–H and O–H groups in total. The minimum Gasteiger partial charge on any atom is -0.309 e. The third-order valence-electron chi connectivity index (χ3n) is 9.05. The zero-order chi connectivity index (χ0) is 32.6. The summed E-state index contributed by atoms with van der Waals surface area (Å²) in [6, 6.07) is 63.4. The van der Waals surface area contributed by atoms with Gasteiger partial charge in [0, 0.05) is 33.2 Å². The van der Waals surface area contributed by atoms with E-state index in [1.54, 1.807) is 0 Å². The van der Waals surface area contributed by atoms with Crippen LogP contribution < -0.4 is 0 Å². The SMILES string of the molecule is c1ccc(-c2nc(-c3ccccc3)nc(-c3cccc(-c4cccc5c4c4c(-c6ccccc6)cccc4n5-c4ccccc4)c3)n2)cc1. The first kappa shape index (κ1) is 28.6. The standard InChI is InChI=1S/C45H30N4/c1-5-16-31(17-6-1)37-26-14-28-39-41(37)42-38(27-15-29-40(42)49(39)36-24-11-4-12-25-36)34-22-13-23-35(30-34)45-47-43(32-18-7-2-8-19-32)46-44(48-45)33-20-9-3-10-21-33/h1-30H. The molecule has 0 spiro atoms. The Labute approximate surface area is 284 Å². The molecule has 9 aromatic rings. The van der Waals surface area contributed by atoms with Crippen molar-refractivity contribution >= 4 is 21.8 Å². The molecule has 0 saturated carbocycles. The van der Waals surface area contributed by atoms with E-state index < -0.39 is 0 Å². The van der Waals surface area contributed by atoms with E-state index >= 15 is 0 Å². The molecule has 0 aliphatic heterocycles. The Morgan fingerprint density at radius 1 is 0.306 bits per heavy atom. The minimum atomic E-state index is 0.637. The molecule has 7 aromatic carbocycles. The quantitative estimate of drug-likeness (QED) is 0.184. The highest BCUT2D eigenvalue weighted by atomic mass is 15.0. The van der Waals surface area contributed by atoms with Gasteiger partial charge in [-0.1, -0.05) is 152 Å². The van der Waals surface area contributed by atoms with Crippen LogP contribution in [0.5, 0.6) is 0 Å². The fraction of sp³-hybridized carbons (Fsp3) is 0. The Hall–Kier alpha value is -6.65. The Morgan fingerprint density at radius 2 is 0.694 bits per heavy atom. The van der Waals surface area contributed by atoms with Gasteiger partial charge in [0.15, 0.2) is 17.5 Å². The highest BCUT2D eigenvalue weighted by molar-refractivity contribution is 6.20. The van der Waals surface area contributed by atoms with Crippen molar-refractivity contribution in [3.05, 3.63) is 182 Å². The van der Waals surface area contributed by atoms with E-state index in [2.05, 4.69) is 126 Å². The normalized spacial score (nSPS) is 11.3. The molecule has 0 fully saturated rings. The molecule has 0 amide bonds. The lowest BCUT2D eigenvalue weighted by molar-refractivity contribution is 1.07. The zero-order valence-electron chi connectivity index (χ0n) is 26.6. The fourth-order valence-electron chi connectivity index (χ4n) is 6.83. The van der Waals surface area contributed by atoms with Crippen LogP contribution >= 0.6 is 0 Å². The number of nitrogens with zero attached hydrogens (tertiary/aromatic N) is 4. The van der Waals surface area contributed by atoms with Gasteiger partial charge in [-0.05, 0) is 52.6 Å². The van der Waals surface area contributed by atoms with Gasteiger partial charge in [0.05, 0.1) is 11.0 Å². The molecule has 0 unspecified atom stereocenters. The van der Waals surface area contributed by atoms with Crippen LogP contribution in [0.1, 0.15) is 0 Å². The molecule has 4 nitrogen and oxygen atoms in total. The van der Waals surface area contributed by atoms with Crippen LogP contribution in [0.25, 0.3) is 83.9 Å². The van der Waals surface area contributed by atoms with Gasteiger partial charge in [-0.3, -0.25) is 0 Å². The van der Waals surface area contributed by atoms with E-state index in [0.29, 0.717) is 17.5 Å². The van der Waals surface area contributed by atoms with Gasteiger partial charge in [-0.15, -0.1) is 0 Å². The second-order valence-corrected chi connectivity index (χ2v) is 12.1. The molecule has 9 rings (SSSR count). The maximum atomic E-state index is 5.02. The number of aromatic nitrogens is 4. The van der Waals surface area contributed by atoms with Gasteiger partial charge in [-0.2, -0.15) is 0 Å². The molecule has 0 radical (unpaired) electrons. The lowest BCUT2D eigenvalue weighted by atomic mass is 9.94. The van der Waals surface area contributed by atoms with Gasteiger partial charge in [0.25, 0.3) is 0 Å². The summed E-state index contributed by atoms with van der Waals surface area (Å²) in [5, 5.41) is 2.44. The Bertz CT molecular complexity index is 2520. The largest absolute Gasteiger partial charge is 0.309 e. The molecule has 2 aromatic heterocycles. The Balaban J connectivity index is 1.29. The second kappa shape index (κ2) is 12.2. The van der Waals surface area contributed by atoms with Crippen molar-refractivity contribution in [2.24, 2.45) is 0 Å². The molecule has 0 aliphatic rings. The first-order valence-corrected chi connectivity index (χ1v) is 16.5. The van der Waals surface area contributed by atoms with Gasteiger partial charge in [0.1, 0.15) is 0 Å². The summed E-state index contributed by atoms with van der Waals surface area (Å²) < 4.78 is 2.38. The first-order chi connectivity index (χ1) is 24.3. The average molecular weight is 627 g/mol. The lowest BCUT2D eigenvalue weighted by Crippen LogP contribution is -2.00. The van der Waals surface area contributed by atoms with E-state index in [1.165, 1.54) is 27.4 Å². The van der Waals surface area contributed by atoms with Crippen LogP contribution in [0.15, 0.2) is 182 Å². The topological polar surface area (TPSA) is 43.6 Å². The number of benzene rings is 7. The first-order valence-electron chi connectivity index (χ1n) is 16.5. The number of para-hydroxylation sites is 1. The third-order valence-corrected chi connectivity index (χ3v) is 9.05. The van der Waals surface area contributed by atoms with Gasteiger partial charge in [0.2, 0.25) is 0 Å². The van der Waals surface area contributed by atoms with Crippen molar-refractivity contribution in [1.82, 2.24) is 19.5 Å². The Kier molecular flexibility index (Phi) is 7.10. The van der Waals surface area contributed by atoms with Crippen molar-refractivity contribution < 1.29 is 0 Å². The highest BCUT2D eigenvalue weighted by Gasteiger charge is 2.20. The van der Waals surface area contributed by atoms with E-state index in [9.17, 15) is 0 Å². The predicted molar refractivity (Wildman–Crippen MR) is 201 cm³/mol. The monoisotopic (exact) mass is 626 g/mol. The summed E-state index contributed by atoms with van der Waals surface area (Å²) in [7, 11) is 0. The summed E-state index contributed by atoms with van der Waals surface area (Å²) in [5.74, 6) is 1.93. The van der Waals surface area contributed by atoms with Crippen molar-refractivity contribution in [2.45, 2.75) is 0 Å². The molecule has 49 heavy (non-hydrogen) atoms. The van der Waals surface area contributed by atoms with Crippen LogP contribution in [-0.4, -0.2) is 19.5 Å². The summed E-state index contributed by atoms with van der Waals surface area (Å²) in [5.41, 5.74) is 10.9. The predicted octanol–water partition coefficient (Wildman–Crippen LogP) is 11.3. The van der Waals surface area contributed by atoms with Crippen LogP contribution in [0.3, 0.4) is 0 Å².